The predicted molar refractivity (Wildman–Crippen MR) is 135 cm³/mol. The molecule has 0 aliphatic carbocycles. The number of carbonyl (C=O) groups is 2. The number of benzene rings is 2. The zero-order valence-corrected chi connectivity index (χ0v) is 19.9. The fourth-order valence-electron chi connectivity index (χ4n) is 3.74. The number of ether oxygens (including phenoxy) is 1. The number of carbonyl (C=O) groups excluding carboxylic acids is 2. The van der Waals surface area contributed by atoms with Crippen LogP contribution >= 0.6 is 11.3 Å². The molecule has 8 heteroatoms. The second kappa shape index (κ2) is 11.5. The van der Waals surface area contributed by atoms with Gasteiger partial charge in [0, 0.05) is 41.8 Å². The van der Waals surface area contributed by atoms with Crippen molar-refractivity contribution in [2.45, 2.75) is 32.4 Å². The highest BCUT2D eigenvalue weighted by molar-refractivity contribution is 7.09. The zero-order valence-electron chi connectivity index (χ0n) is 19.1. The van der Waals surface area contributed by atoms with E-state index in [0.717, 1.165) is 22.0 Å². The molecule has 34 heavy (non-hydrogen) atoms. The van der Waals surface area contributed by atoms with Crippen molar-refractivity contribution < 1.29 is 14.3 Å². The summed E-state index contributed by atoms with van der Waals surface area (Å²) >= 11 is 1.59. The zero-order chi connectivity index (χ0) is 23.8. The second-order valence-electron chi connectivity index (χ2n) is 8.08. The topological polar surface area (TPSA) is 83.6 Å². The lowest BCUT2D eigenvalue weighted by Crippen LogP contribution is -2.47. The lowest BCUT2D eigenvalue weighted by Gasteiger charge is -2.32. The molecule has 4 rings (SSSR count). The Labute approximate surface area is 203 Å². The first-order chi connectivity index (χ1) is 16.6. The second-order valence-corrected chi connectivity index (χ2v) is 9.15. The van der Waals surface area contributed by atoms with Crippen LogP contribution in [0.1, 0.15) is 29.1 Å². The molecule has 176 valence electrons. The van der Waals surface area contributed by atoms with Gasteiger partial charge in [0.15, 0.2) is 0 Å². The lowest BCUT2D eigenvalue weighted by molar-refractivity contribution is -0.117. The van der Waals surface area contributed by atoms with Gasteiger partial charge in [-0.2, -0.15) is 0 Å². The first kappa shape index (κ1) is 23.5. The molecule has 2 N–H and O–H groups in total. The number of aromatic nitrogens is 1. The Balaban J connectivity index is 1.24. The van der Waals surface area contributed by atoms with E-state index in [2.05, 4.69) is 15.6 Å². The number of anilines is 1. The van der Waals surface area contributed by atoms with E-state index in [0.29, 0.717) is 38.3 Å². The molecule has 0 bridgehead atoms. The van der Waals surface area contributed by atoms with Crippen LogP contribution in [0.3, 0.4) is 0 Å². The minimum Gasteiger partial charge on any atom is -0.487 e. The van der Waals surface area contributed by atoms with Crippen LogP contribution in [0.2, 0.25) is 0 Å². The molecule has 2 aromatic carbocycles. The quantitative estimate of drug-likeness (QED) is 0.477. The SMILES string of the molecule is Cc1nc(COc2ccccc2/C=C/C(=O)NC2CCN(C(=O)Nc3ccccc3)CC2)cs1. The van der Waals surface area contributed by atoms with Crippen molar-refractivity contribution in [1.29, 1.82) is 0 Å². The van der Waals surface area contributed by atoms with E-state index in [1.807, 2.05) is 66.9 Å². The standard InChI is InChI=1S/C26H28N4O3S/c1-19-27-23(18-34-19)17-33-24-10-6-5-7-20(24)11-12-25(31)28-22-13-15-30(16-14-22)26(32)29-21-8-3-2-4-9-21/h2-12,18,22H,13-17H2,1H3,(H,28,31)(H,29,32)/b12-11+. The third-order valence-corrected chi connectivity index (χ3v) is 6.35. The van der Waals surface area contributed by atoms with Crippen molar-refractivity contribution in [2.75, 3.05) is 18.4 Å². The minimum absolute atomic E-state index is 0.0392. The van der Waals surface area contributed by atoms with E-state index in [1.165, 1.54) is 6.08 Å². The highest BCUT2D eigenvalue weighted by Crippen LogP contribution is 2.21. The average molecular weight is 477 g/mol. The van der Waals surface area contributed by atoms with Gasteiger partial charge in [-0.15, -0.1) is 11.3 Å². The Morgan fingerprint density at radius 3 is 2.59 bits per heavy atom. The summed E-state index contributed by atoms with van der Waals surface area (Å²) < 4.78 is 5.91. The molecule has 0 saturated carbocycles. The Morgan fingerprint density at radius 2 is 1.85 bits per heavy atom. The maximum absolute atomic E-state index is 12.5. The van der Waals surface area contributed by atoms with Crippen LogP contribution in [0.4, 0.5) is 10.5 Å². The molecule has 7 nitrogen and oxygen atoms in total. The molecule has 1 aliphatic heterocycles. The maximum Gasteiger partial charge on any atom is 0.321 e. The first-order valence-electron chi connectivity index (χ1n) is 11.3. The monoisotopic (exact) mass is 476 g/mol. The molecule has 1 aliphatic rings. The molecule has 3 amide bonds. The van der Waals surface area contributed by atoms with Crippen molar-refractivity contribution in [2.24, 2.45) is 0 Å². The van der Waals surface area contributed by atoms with Crippen LogP contribution in [-0.2, 0) is 11.4 Å². The molecular formula is C26H28N4O3S. The van der Waals surface area contributed by atoms with E-state index in [-0.39, 0.29) is 18.0 Å². The van der Waals surface area contributed by atoms with Gasteiger partial charge in [0.25, 0.3) is 0 Å². The molecule has 0 spiro atoms. The Bertz CT molecular complexity index is 1140. The van der Waals surface area contributed by atoms with Gasteiger partial charge >= 0.3 is 6.03 Å². The van der Waals surface area contributed by atoms with Gasteiger partial charge in [-0.1, -0.05) is 36.4 Å². The van der Waals surface area contributed by atoms with Gasteiger partial charge in [0.05, 0.1) is 10.7 Å². The molecule has 0 radical (unpaired) electrons. The van der Waals surface area contributed by atoms with E-state index in [9.17, 15) is 9.59 Å². The number of likely N-dealkylation sites (tertiary alicyclic amines) is 1. The van der Waals surface area contributed by atoms with Crippen molar-refractivity contribution in [1.82, 2.24) is 15.2 Å². The summed E-state index contributed by atoms with van der Waals surface area (Å²) in [6.45, 7) is 3.55. The summed E-state index contributed by atoms with van der Waals surface area (Å²) in [5, 5.41) is 8.94. The number of rotatable bonds is 7. The third kappa shape index (κ3) is 6.68. The number of hydrogen-bond donors (Lipinski definition) is 2. The smallest absolute Gasteiger partial charge is 0.321 e. The van der Waals surface area contributed by atoms with Gasteiger partial charge in [-0.05, 0) is 44.0 Å². The molecule has 1 saturated heterocycles. The van der Waals surface area contributed by atoms with Gasteiger partial charge in [-0.25, -0.2) is 9.78 Å². The molecular weight excluding hydrogens is 448 g/mol. The van der Waals surface area contributed by atoms with Crippen LogP contribution in [0.25, 0.3) is 6.08 Å². The van der Waals surface area contributed by atoms with Gasteiger partial charge in [0.1, 0.15) is 12.4 Å². The molecule has 1 aromatic heterocycles. The molecule has 2 heterocycles. The highest BCUT2D eigenvalue weighted by atomic mass is 32.1. The lowest BCUT2D eigenvalue weighted by atomic mass is 10.1. The summed E-state index contributed by atoms with van der Waals surface area (Å²) in [7, 11) is 0. The van der Waals surface area contributed by atoms with Gasteiger partial charge in [0.2, 0.25) is 5.91 Å². The van der Waals surface area contributed by atoms with E-state index >= 15 is 0 Å². The van der Waals surface area contributed by atoms with E-state index in [4.69, 9.17) is 4.74 Å². The van der Waals surface area contributed by atoms with Crippen molar-refractivity contribution in [3.8, 4) is 5.75 Å². The fraction of sp³-hybridized carbons (Fsp3) is 0.269. The predicted octanol–water partition coefficient (Wildman–Crippen LogP) is 4.86. The van der Waals surface area contributed by atoms with Crippen LogP contribution in [0.5, 0.6) is 5.75 Å². The number of hydrogen-bond acceptors (Lipinski definition) is 5. The largest absolute Gasteiger partial charge is 0.487 e. The van der Waals surface area contributed by atoms with E-state index < -0.39 is 0 Å². The van der Waals surface area contributed by atoms with Crippen molar-refractivity contribution >= 4 is 35.0 Å². The normalized spacial score (nSPS) is 14.2. The Kier molecular flexibility index (Phi) is 7.93. The number of para-hydroxylation sites is 2. The van der Waals surface area contributed by atoms with Crippen LogP contribution in [-0.4, -0.2) is 41.0 Å². The number of nitrogens with one attached hydrogen (secondary N) is 2. The average Bonchev–Trinajstić information content (AvgIpc) is 3.28. The Morgan fingerprint density at radius 1 is 1.12 bits per heavy atom. The number of urea groups is 1. The summed E-state index contributed by atoms with van der Waals surface area (Å²) in [5.41, 5.74) is 2.50. The first-order valence-corrected chi connectivity index (χ1v) is 12.2. The van der Waals surface area contributed by atoms with Gasteiger partial charge in [-0.3, -0.25) is 4.79 Å². The maximum atomic E-state index is 12.5. The fourth-order valence-corrected chi connectivity index (χ4v) is 4.34. The summed E-state index contributed by atoms with van der Waals surface area (Å²) in [6, 6.07) is 16.9. The number of nitrogens with zero attached hydrogens (tertiary/aromatic N) is 2. The Hall–Kier alpha value is -3.65. The molecule has 3 aromatic rings. The molecule has 1 fully saturated rings. The van der Waals surface area contributed by atoms with E-state index in [1.54, 1.807) is 22.3 Å². The van der Waals surface area contributed by atoms with Crippen LogP contribution < -0.4 is 15.4 Å². The number of aryl methyl sites for hydroxylation is 1. The minimum atomic E-state index is -0.155. The number of piperidine rings is 1. The van der Waals surface area contributed by atoms with Crippen LogP contribution in [0, 0.1) is 6.92 Å². The molecule has 0 unspecified atom stereocenters. The van der Waals surface area contributed by atoms with Gasteiger partial charge < -0.3 is 20.3 Å². The van der Waals surface area contributed by atoms with Crippen molar-refractivity contribution in [3.05, 3.63) is 82.3 Å². The van der Waals surface area contributed by atoms with Crippen molar-refractivity contribution in [3.63, 3.8) is 0 Å². The number of thiazole rings is 1. The highest BCUT2D eigenvalue weighted by Gasteiger charge is 2.23. The number of amides is 3. The summed E-state index contributed by atoms with van der Waals surface area (Å²) in [6.07, 6.45) is 4.73. The molecule has 0 atom stereocenters. The summed E-state index contributed by atoms with van der Waals surface area (Å²) in [5.74, 6) is 0.548. The summed E-state index contributed by atoms with van der Waals surface area (Å²) in [4.78, 5) is 31.1. The third-order valence-electron chi connectivity index (χ3n) is 5.53. The van der Waals surface area contributed by atoms with Crippen LogP contribution in [0.15, 0.2) is 66.1 Å².